The topological polar surface area (TPSA) is 55.4 Å². The second-order valence-electron chi connectivity index (χ2n) is 9.91. The molecule has 1 aromatic carbocycles. The summed E-state index contributed by atoms with van der Waals surface area (Å²) in [5, 5.41) is 2.46. The Morgan fingerprint density at radius 3 is 1.83 bits per heavy atom. The lowest BCUT2D eigenvalue weighted by atomic mass is 10.0. The molecule has 0 aromatic heterocycles. The molecule has 0 heterocycles. The molecule has 0 aliphatic carbocycles. The Bertz CT molecular complexity index is 726. The molecular formula is C29H47ClFNO3. The molecule has 4 nitrogen and oxygen atoms in total. The summed E-state index contributed by atoms with van der Waals surface area (Å²) in [7, 11) is 0. The number of amides is 1. The number of benzene rings is 1. The van der Waals surface area contributed by atoms with E-state index in [-0.39, 0.29) is 16.5 Å². The number of halogens is 2. The number of unbranched alkanes of at least 4 members (excludes halogenated alkanes) is 14. The number of ether oxygens (including phenoxy) is 1. The van der Waals surface area contributed by atoms with Crippen LogP contribution < -0.4 is 5.32 Å². The van der Waals surface area contributed by atoms with Crippen LogP contribution in [0.5, 0.6) is 0 Å². The van der Waals surface area contributed by atoms with Gasteiger partial charge >= 0.3 is 5.97 Å². The Labute approximate surface area is 217 Å². The standard InChI is InChI=1S/C29H47ClFNO3/c1-4-5-6-7-8-9-10-11-12-13-14-15-16-17-18-22-35-29(34)27(23(2)3)32-28(33)24-20-19-21-25(30)26(24)31/h19-21,23,27H,4-18,22H2,1-3H3,(H,32,33). The lowest BCUT2D eigenvalue weighted by molar-refractivity contribution is -0.147. The third-order valence-corrected chi connectivity index (χ3v) is 6.69. The quantitative estimate of drug-likeness (QED) is 0.141. The fraction of sp³-hybridized carbons (Fsp3) is 0.724. The number of carbonyl (C=O) groups is 2. The van der Waals surface area contributed by atoms with Gasteiger partial charge in [-0.25, -0.2) is 9.18 Å². The van der Waals surface area contributed by atoms with Crippen LogP contribution in [0, 0.1) is 11.7 Å². The van der Waals surface area contributed by atoms with E-state index in [2.05, 4.69) is 12.2 Å². The summed E-state index contributed by atoms with van der Waals surface area (Å²) in [6.45, 7) is 6.22. The second-order valence-corrected chi connectivity index (χ2v) is 10.3. The summed E-state index contributed by atoms with van der Waals surface area (Å²) in [6, 6.07) is 3.38. The van der Waals surface area contributed by atoms with Crippen molar-refractivity contribution in [2.24, 2.45) is 5.92 Å². The predicted octanol–water partition coefficient (Wildman–Crippen LogP) is 8.65. The lowest BCUT2D eigenvalue weighted by Crippen LogP contribution is -2.45. The third kappa shape index (κ3) is 13.9. The zero-order valence-electron chi connectivity index (χ0n) is 22.2. The average molecular weight is 512 g/mol. The fourth-order valence-electron chi connectivity index (χ4n) is 4.13. The fourth-order valence-corrected chi connectivity index (χ4v) is 4.31. The first-order valence-corrected chi connectivity index (χ1v) is 14.2. The van der Waals surface area contributed by atoms with Gasteiger partial charge in [0.2, 0.25) is 0 Å². The molecule has 200 valence electrons. The number of nitrogens with one attached hydrogen (secondary N) is 1. The van der Waals surface area contributed by atoms with Crippen molar-refractivity contribution < 1.29 is 18.7 Å². The molecule has 0 fully saturated rings. The maximum Gasteiger partial charge on any atom is 0.328 e. The first-order valence-electron chi connectivity index (χ1n) is 13.8. The van der Waals surface area contributed by atoms with Crippen molar-refractivity contribution in [1.82, 2.24) is 5.32 Å². The van der Waals surface area contributed by atoms with Gasteiger partial charge in [-0.15, -0.1) is 0 Å². The van der Waals surface area contributed by atoms with Crippen molar-refractivity contribution in [3.8, 4) is 0 Å². The minimum atomic E-state index is -0.836. The Morgan fingerprint density at radius 2 is 1.34 bits per heavy atom. The molecule has 1 N–H and O–H groups in total. The molecule has 1 rings (SSSR count). The Hall–Kier alpha value is -1.62. The van der Waals surface area contributed by atoms with E-state index in [1.807, 2.05) is 13.8 Å². The van der Waals surface area contributed by atoms with Crippen LogP contribution in [0.25, 0.3) is 0 Å². The number of carbonyl (C=O) groups excluding carboxylic acids is 2. The van der Waals surface area contributed by atoms with Gasteiger partial charge in [0.1, 0.15) is 6.04 Å². The minimum absolute atomic E-state index is 0.130. The zero-order valence-corrected chi connectivity index (χ0v) is 22.9. The molecule has 0 spiro atoms. The van der Waals surface area contributed by atoms with Crippen molar-refractivity contribution in [1.29, 1.82) is 0 Å². The number of hydrogen-bond donors (Lipinski definition) is 1. The molecule has 1 amide bonds. The molecule has 0 aliphatic heterocycles. The molecule has 0 radical (unpaired) electrons. The van der Waals surface area contributed by atoms with Crippen molar-refractivity contribution in [3.63, 3.8) is 0 Å². The minimum Gasteiger partial charge on any atom is -0.464 e. The Balaban J connectivity index is 2.11. The largest absolute Gasteiger partial charge is 0.464 e. The van der Waals surface area contributed by atoms with Crippen LogP contribution in [0.3, 0.4) is 0 Å². The van der Waals surface area contributed by atoms with E-state index in [9.17, 15) is 14.0 Å². The molecule has 1 atom stereocenters. The molecule has 0 saturated heterocycles. The first kappa shape index (κ1) is 31.4. The van der Waals surface area contributed by atoms with Crippen molar-refractivity contribution in [3.05, 3.63) is 34.6 Å². The van der Waals surface area contributed by atoms with Crippen LogP contribution in [0.1, 0.15) is 127 Å². The summed E-state index contributed by atoms with van der Waals surface area (Å²) in [5.74, 6) is -2.14. The molecule has 0 saturated carbocycles. The van der Waals surface area contributed by atoms with Crippen molar-refractivity contribution in [2.75, 3.05) is 6.61 Å². The highest BCUT2D eigenvalue weighted by Gasteiger charge is 2.27. The third-order valence-electron chi connectivity index (χ3n) is 6.40. The highest BCUT2D eigenvalue weighted by atomic mass is 35.5. The van der Waals surface area contributed by atoms with Crippen LogP contribution in [0.4, 0.5) is 4.39 Å². The van der Waals surface area contributed by atoms with E-state index in [1.54, 1.807) is 0 Å². The van der Waals surface area contributed by atoms with Crippen LogP contribution in [0.2, 0.25) is 5.02 Å². The van der Waals surface area contributed by atoms with E-state index in [0.717, 1.165) is 19.3 Å². The lowest BCUT2D eigenvalue weighted by Gasteiger charge is -2.21. The smallest absolute Gasteiger partial charge is 0.328 e. The van der Waals surface area contributed by atoms with Crippen LogP contribution >= 0.6 is 11.6 Å². The normalized spacial score (nSPS) is 12.1. The van der Waals surface area contributed by atoms with Gasteiger partial charge in [-0.2, -0.15) is 0 Å². The zero-order chi connectivity index (χ0) is 25.9. The van der Waals surface area contributed by atoms with Gasteiger partial charge < -0.3 is 10.1 Å². The Kier molecular flexibility index (Phi) is 17.5. The summed E-state index contributed by atoms with van der Waals surface area (Å²) in [4.78, 5) is 24.9. The summed E-state index contributed by atoms with van der Waals surface area (Å²) < 4.78 is 19.5. The Morgan fingerprint density at radius 1 is 0.857 bits per heavy atom. The molecule has 0 aliphatic rings. The van der Waals surface area contributed by atoms with Crippen LogP contribution in [-0.4, -0.2) is 24.5 Å². The molecule has 35 heavy (non-hydrogen) atoms. The highest BCUT2D eigenvalue weighted by Crippen LogP contribution is 2.18. The van der Waals surface area contributed by atoms with Gasteiger partial charge in [-0.3, -0.25) is 4.79 Å². The summed E-state index contributed by atoms with van der Waals surface area (Å²) >= 11 is 5.75. The van der Waals surface area contributed by atoms with Crippen molar-refractivity contribution >= 4 is 23.5 Å². The van der Waals surface area contributed by atoms with Gasteiger partial charge in [-0.1, -0.05) is 128 Å². The van der Waals surface area contributed by atoms with Crippen LogP contribution in [-0.2, 0) is 9.53 Å². The van der Waals surface area contributed by atoms with E-state index in [4.69, 9.17) is 16.3 Å². The van der Waals surface area contributed by atoms with Gasteiger partial charge in [0.05, 0.1) is 17.2 Å². The first-order chi connectivity index (χ1) is 16.9. The maximum atomic E-state index is 14.1. The summed E-state index contributed by atoms with van der Waals surface area (Å²) in [6.07, 6.45) is 19.2. The SMILES string of the molecule is CCCCCCCCCCCCCCCCCOC(=O)C(NC(=O)c1cccc(Cl)c1F)C(C)C. The van der Waals surface area contributed by atoms with E-state index < -0.39 is 23.7 Å². The highest BCUT2D eigenvalue weighted by molar-refractivity contribution is 6.31. The van der Waals surface area contributed by atoms with Gasteiger partial charge in [0.25, 0.3) is 5.91 Å². The second kappa shape index (κ2) is 19.6. The van der Waals surface area contributed by atoms with Crippen molar-refractivity contribution in [2.45, 2.75) is 123 Å². The molecule has 1 unspecified atom stereocenters. The number of rotatable bonds is 20. The molecule has 0 bridgehead atoms. The molecular weight excluding hydrogens is 465 g/mol. The maximum absolute atomic E-state index is 14.1. The van der Waals surface area contributed by atoms with E-state index in [0.29, 0.717) is 6.61 Å². The van der Waals surface area contributed by atoms with Crippen LogP contribution in [0.15, 0.2) is 18.2 Å². The van der Waals surface area contributed by atoms with Gasteiger partial charge in [0.15, 0.2) is 5.82 Å². The molecule has 1 aromatic rings. The van der Waals surface area contributed by atoms with Gasteiger partial charge in [0, 0.05) is 0 Å². The average Bonchev–Trinajstić information content (AvgIpc) is 2.83. The van der Waals surface area contributed by atoms with E-state index >= 15 is 0 Å². The number of esters is 1. The predicted molar refractivity (Wildman–Crippen MR) is 143 cm³/mol. The monoisotopic (exact) mass is 511 g/mol. The van der Waals surface area contributed by atoms with Gasteiger partial charge in [-0.05, 0) is 24.5 Å². The van der Waals surface area contributed by atoms with E-state index in [1.165, 1.54) is 95.2 Å². The summed E-state index contributed by atoms with van der Waals surface area (Å²) in [5.41, 5.74) is -0.182. The number of hydrogen-bond acceptors (Lipinski definition) is 3. The molecule has 6 heteroatoms.